The van der Waals surface area contributed by atoms with E-state index in [0.29, 0.717) is 0 Å². The van der Waals surface area contributed by atoms with Crippen molar-refractivity contribution in [1.29, 1.82) is 0 Å². The molecule has 16 heavy (non-hydrogen) atoms. The number of hydrogen-bond acceptors (Lipinski definition) is 3. The lowest BCUT2D eigenvalue weighted by molar-refractivity contribution is -0.158. The first-order valence-corrected chi connectivity index (χ1v) is 6.56. The number of ether oxygens (including phenoxy) is 1. The standard InChI is InChI=1S/C13H23NO2/c1-16-12(15)13(7-3-8-13)10-14-9-6-11-4-2-5-11/h11,14H,2-10H2,1H3. The molecule has 92 valence electrons. The van der Waals surface area contributed by atoms with Crippen LogP contribution in [-0.2, 0) is 9.53 Å². The Balaban J connectivity index is 1.64. The Morgan fingerprint density at radius 3 is 2.56 bits per heavy atom. The van der Waals surface area contributed by atoms with Crippen LogP contribution in [0.25, 0.3) is 0 Å². The number of carbonyl (C=O) groups excluding carboxylic acids is 1. The van der Waals surface area contributed by atoms with Crippen LogP contribution >= 0.6 is 0 Å². The molecule has 2 fully saturated rings. The third-order valence-corrected chi connectivity index (χ3v) is 4.35. The summed E-state index contributed by atoms with van der Waals surface area (Å²) in [6.07, 6.45) is 8.66. The van der Waals surface area contributed by atoms with Crippen molar-refractivity contribution < 1.29 is 9.53 Å². The number of methoxy groups -OCH3 is 1. The van der Waals surface area contributed by atoms with Crippen molar-refractivity contribution in [2.45, 2.75) is 44.9 Å². The summed E-state index contributed by atoms with van der Waals surface area (Å²) < 4.78 is 4.89. The molecule has 0 aromatic heterocycles. The Hall–Kier alpha value is -0.570. The average molecular weight is 225 g/mol. The summed E-state index contributed by atoms with van der Waals surface area (Å²) in [4.78, 5) is 11.6. The lowest BCUT2D eigenvalue weighted by atomic mass is 9.68. The van der Waals surface area contributed by atoms with E-state index in [-0.39, 0.29) is 11.4 Å². The van der Waals surface area contributed by atoms with E-state index in [4.69, 9.17) is 4.74 Å². The van der Waals surface area contributed by atoms with E-state index in [9.17, 15) is 4.79 Å². The normalized spacial score (nSPS) is 23.3. The molecule has 0 atom stereocenters. The molecule has 3 nitrogen and oxygen atoms in total. The van der Waals surface area contributed by atoms with Crippen molar-refractivity contribution in [3.05, 3.63) is 0 Å². The van der Waals surface area contributed by atoms with Crippen LogP contribution in [0.5, 0.6) is 0 Å². The smallest absolute Gasteiger partial charge is 0.313 e. The molecule has 2 rings (SSSR count). The monoisotopic (exact) mass is 225 g/mol. The molecule has 2 saturated carbocycles. The largest absolute Gasteiger partial charge is 0.469 e. The average Bonchev–Trinajstić information content (AvgIpc) is 2.17. The van der Waals surface area contributed by atoms with Crippen molar-refractivity contribution in [3.63, 3.8) is 0 Å². The fourth-order valence-electron chi connectivity index (χ4n) is 2.69. The van der Waals surface area contributed by atoms with E-state index in [1.807, 2.05) is 0 Å². The highest BCUT2D eigenvalue weighted by Gasteiger charge is 2.44. The van der Waals surface area contributed by atoms with Crippen molar-refractivity contribution in [3.8, 4) is 0 Å². The van der Waals surface area contributed by atoms with Crippen LogP contribution in [-0.4, -0.2) is 26.2 Å². The zero-order valence-electron chi connectivity index (χ0n) is 10.3. The number of hydrogen-bond donors (Lipinski definition) is 1. The van der Waals surface area contributed by atoms with Gasteiger partial charge in [0.2, 0.25) is 0 Å². The van der Waals surface area contributed by atoms with Gasteiger partial charge in [0.05, 0.1) is 12.5 Å². The summed E-state index contributed by atoms with van der Waals surface area (Å²) in [5, 5.41) is 3.44. The molecule has 0 spiro atoms. The molecule has 0 saturated heterocycles. The van der Waals surface area contributed by atoms with Crippen LogP contribution in [0.1, 0.15) is 44.9 Å². The summed E-state index contributed by atoms with van der Waals surface area (Å²) >= 11 is 0. The van der Waals surface area contributed by atoms with Crippen LogP contribution < -0.4 is 5.32 Å². The highest BCUT2D eigenvalue weighted by molar-refractivity contribution is 5.78. The number of carbonyl (C=O) groups is 1. The lowest BCUT2D eigenvalue weighted by Gasteiger charge is -2.39. The maximum atomic E-state index is 11.6. The van der Waals surface area contributed by atoms with Crippen LogP contribution in [0.3, 0.4) is 0 Å². The highest BCUT2D eigenvalue weighted by atomic mass is 16.5. The second-order valence-electron chi connectivity index (χ2n) is 5.39. The fourth-order valence-corrected chi connectivity index (χ4v) is 2.69. The minimum atomic E-state index is -0.186. The molecule has 2 aliphatic rings. The maximum Gasteiger partial charge on any atom is 0.313 e. The summed E-state index contributed by atoms with van der Waals surface area (Å²) in [6, 6.07) is 0. The van der Waals surface area contributed by atoms with E-state index in [1.165, 1.54) is 39.2 Å². The quantitative estimate of drug-likeness (QED) is 0.556. The summed E-state index contributed by atoms with van der Waals surface area (Å²) in [5.74, 6) is 0.929. The molecular formula is C13H23NO2. The minimum absolute atomic E-state index is 0.0186. The van der Waals surface area contributed by atoms with Crippen molar-refractivity contribution in [2.75, 3.05) is 20.2 Å². The van der Waals surface area contributed by atoms with Gasteiger partial charge in [-0.25, -0.2) is 0 Å². The molecule has 0 unspecified atom stereocenters. The fraction of sp³-hybridized carbons (Fsp3) is 0.923. The Labute approximate surface area is 97.9 Å². The van der Waals surface area contributed by atoms with Gasteiger partial charge in [0.1, 0.15) is 0 Å². The number of nitrogens with one attached hydrogen (secondary N) is 1. The molecule has 0 aromatic rings. The Bertz CT molecular complexity index is 244. The van der Waals surface area contributed by atoms with E-state index in [1.54, 1.807) is 0 Å². The van der Waals surface area contributed by atoms with Gasteiger partial charge in [0.25, 0.3) is 0 Å². The van der Waals surface area contributed by atoms with Gasteiger partial charge in [-0.05, 0) is 31.7 Å². The first kappa shape index (κ1) is 11.9. The molecule has 1 N–H and O–H groups in total. The highest BCUT2D eigenvalue weighted by Crippen LogP contribution is 2.41. The molecule has 0 heterocycles. The molecule has 0 aliphatic heterocycles. The zero-order valence-corrected chi connectivity index (χ0v) is 10.3. The van der Waals surface area contributed by atoms with Crippen LogP contribution in [0, 0.1) is 11.3 Å². The van der Waals surface area contributed by atoms with E-state index in [2.05, 4.69) is 5.32 Å². The van der Waals surface area contributed by atoms with E-state index >= 15 is 0 Å². The van der Waals surface area contributed by atoms with Crippen molar-refractivity contribution in [1.82, 2.24) is 5.32 Å². The van der Waals surface area contributed by atoms with Crippen molar-refractivity contribution in [2.24, 2.45) is 11.3 Å². The van der Waals surface area contributed by atoms with Gasteiger partial charge in [-0.1, -0.05) is 25.7 Å². The van der Waals surface area contributed by atoms with Gasteiger partial charge in [-0.15, -0.1) is 0 Å². The van der Waals surface area contributed by atoms with Crippen LogP contribution in [0.15, 0.2) is 0 Å². The Morgan fingerprint density at radius 1 is 1.38 bits per heavy atom. The second kappa shape index (κ2) is 5.17. The molecule has 0 bridgehead atoms. The first-order valence-electron chi connectivity index (χ1n) is 6.56. The zero-order chi connectivity index (χ0) is 11.4. The van der Waals surface area contributed by atoms with Gasteiger partial charge in [-0.3, -0.25) is 4.79 Å². The predicted octanol–water partition coefficient (Wildman–Crippen LogP) is 2.11. The minimum Gasteiger partial charge on any atom is -0.469 e. The van der Waals surface area contributed by atoms with Gasteiger partial charge >= 0.3 is 5.97 Å². The molecule has 3 heteroatoms. The third-order valence-electron chi connectivity index (χ3n) is 4.35. The first-order chi connectivity index (χ1) is 7.77. The lowest BCUT2D eigenvalue weighted by Crippen LogP contribution is -2.47. The predicted molar refractivity (Wildman–Crippen MR) is 63.1 cm³/mol. The van der Waals surface area contributed by atoms with E-state index < -0.39 is 0 Å². The van der Waals surface area contributed by atoms with Gasteiger partial charge < -0.3 is 10.1 Å². The number of rotatable bonds is 6. The summed E-state index contributed by atoms with van der Waals surface area (Å²) in [7, 11) is 1.50. The Morgan fingerprint density at radius 2 is 2.12 bits per heavy atom. The SMILES string of the molecule is COC(=O)C1(CNCCC2CCC2)CCC1. The second-order valence-corrected chi connectivity index (χ2v) is 5.39. The van der Waals surface area contributed by atoms with E-state index in [0.717, 1.165) is 31.8 Å². The summed E-state index contributed by atoms with van der Waals surface area (Å²) in [6.45, 7) is 1.87. The molecule has 0 aromatic carbocycles. The Kier molecular flexibility index (Phi) is 3.85. The maximum absolute atomic E-state index is 11.6. The number of esters is 1. The van der Waals surface area contributed by atoms with Gasteiger partial charge in [0, 0.05) is 6.54 Å². The summed E-state index contributed by atoms with van der Waals surface area (Å²) in [5.41, 5.74) is -0.186. The van der Waals surface area contributed by atoms with Crippen molar-refractivity contribution >= 4 is 5.97 Å². The third kappa shape index (κ3) is 2.40. The van der Waals surface area contributed by atoms with Gasteiger partial charge in [-0.2, -0.15) is 0 Å². The van der Waals surface area contributed by atoms with Crippen LogP contribution in [0.2, 0.25) is 0 Å². The van der Waals surface area contributed by atoms with Crippen LogP contribution in [0.4, 0.5) is 0 Å². The molecule has 0 amide bonds. The molecular weight excluding hydrogens is 202 g/mol. The topological polar surface area (TPSA) is 38.3 Å². The van der Waals surface area contributed by atoms with Gasteiger partial charge in [0.15, 0.2) is 0 Å². The molecule has 2 aliphatic carbocycles. The molecule has 0 radical (unpaired) electrons.